The van der Waals surface area contributed by atoms with E-state index in [1.807, 2.05) is 84.9 Å². The van der Waals surface area contributed by atoms with Crippen molar-refractivity contribution >= 4 is 11.8 Å². The highest BCUT2D eigenvalue weighted by molar-refractivity contribution is 6.02. The molecule has 3 aromatic rings. The minimum atomic E-state index is -0.522. The van der Waals surface area contributed by atoms with E-state index in [0.29, 0.717) is 12.2 Å². The topological polar surface area (TPSA) is 52.6 Å². The molecule has 0 fully saturated rings. The van der Waals surface area contributed by atoms with Crippen LogP contribution in [0.5, 0.6) is 5.75 Å². The van der Waals surface area contributed by atoms with E-state index in [1.54, 1.807) is 14.0 Å². The highest BCUT2D eigenvalue weighted by atomic mass is 16.5. The van der Waals surface area contributed by atoms with Crippen molar-refractivity contribution in [1.29, 1.82) is 0 Å². The summed E-state index contributed by atoms with van der Waals surface area (Å²) in [5.41, 5.74) is 2.38. The van der Waals surface area contributed by atoms with Crippen molar-refractivity contribution in [3.63, 3.8) is 0 Å². The molecule has 0 aliphatic heterocycles. The van der Waals surface area contributed by atoms with E-state index in [9.17, 15) is 9.59 Å². The van der Waals surface area contributed by atoms with Gasteiger partial charge in [-0.15, -0.1) is 0 Å². The average Bonchev–Trinajstić information content (AvgIpc) is 2.80. The second-order valence-electron chi connectivity index (χ2n) is 7.01. The van der Waals surface area contributed by atoms with Crippen LogP contribution in [0, 0.1) is 0 Å². The molecule has 0 heterocycles. The van der Waals surface area contributed by atoms with Gasteiger partial charge in [-0.3, -0.25) is 9.59 Å². The van der Waals surface area contributed by atoms with Crippen molar-refractivity contribution in [3.8, 4) is 5.75 Å². The first-order valence-electron chi connectivity index (χ1n) is 10.1. The Morgan fingerprint density at radius 1 is 0.800 bits per heavy atom. The molecule has 0 bridgehead atoms. The van der Waals surface area contributed by atoms with Crippen molar-refractivity contribution in [3.05, 3.63) is 102 Å². The minimum Gasteiger partial charge on any atom is -0.497 e. The molecule has 2 unspecified atom stereocenters. The summed E-state index contributed by atoms with van der Waals surface area (Å²) in [6.07, 6.45) is 0.109. The monoisotopic (exact) mass is 402 g/mol. The van der Waals surface area contributed by atoms with Gasteiger partial charge >= 0.3 is 5.97 Å². The molecule has 0 spiro atoms. The van der Waals surface area contributed by atoms with Crippen LogP contribution in [0.25, 0.3) is 0 Å². The molecule has 3 aromatic carbocycles. The fraction of sp³-hybridized carbons (Fsp3) is 0.231. The van der Waals surface area contributed by atoms with Gasteiger partial charge in [0.1, 0.15) is 5.75 Å². The molecule has 3 rings (SSSR count). The summed E-state index contributed by atoms with van der Waals surface area (Å²) in [7, 11) is 1.61. The maximum absolute atomic E-state index is 13.6. The zero-order chi connectivity index (χ0) is 21.3. The van der Waals surface area contributed by atoms with Crippen LogP contribution in [0.1, 0.15) is 46.7 Å². The molecule has 30 heavy (non-hydrogen) atoms. The molecule has 0 aliphatic carbocycles. The number of carbonyl (C=O) groups excluding carboxylic acids is 2. The summed E-state index contributed by atoms with van der Waals surface area (Å²) in [5.74, 6) is -0.511. The van der Waals surface area contributed by atoms with Crippen molar-refractivity contribution < 1.29 is 19.1 Å². The highest BCUT2D eigenvalue weighted by Gasteiger charge is 2.33. The average molecular weight is 402 g/mol. The lowest BCUT2D eigenvalue weighted by molar-refractivity contribution is -0.143. The molecule has 0 radical (unpaired) electrons. The summed E-state index contributed by atoms with van der Waals surface area (Å²) in [6, 6.07) is 26.4. The fourth-order valence-corrected chi connectivity index (χ4v) is 3.69. The Kier molecular flexibility index (Phi) is 7.39. The van der Waals surface area contributed by atoms with Gasteiger partial charge in [0.05, 0.1) is 26.1 Å². The van der Waals surface area contributed by atoms with Crippen molar-refractivity contribution in [1.82, 2.24) is 0 Å². The zero-order valence-corrected chi connectivity index (χ0v) is 17.3. The molecule has 0 amide bonds. The smallest absolute Gasteiger partial charge is 0.306 e. The first-order valence-corrected chi connectivity index (χ1v) is 10.1. The van der Waals surface area contributed by atoms with E-state index >= 15 is 0 Å². The maximum atomic E-state index is 13.6. The molecule has 2 atom stereocenters. The summed E-state index contributed by atoms with van der Waals surface area (Å²) in [6.45, 7) is 2.08. The van der Waals surface area contributed by atoms with Crippen LogP contribution in [0.4, 0.5) is 0 Å². The van der Waals surface area contributed by atoms with Gasteiger partial charge in [-0.1, -0.05) is 72.8 Å². The molecular formula is C26H26O4. The summed E-state index contributed by atoms with van der Waals surface area (Å²) in [5, 5.41) is 0. The van der Waals surface area contributed by atoms with E-state index in [4.69, 9.17) is 9.47 Å². The Hall–Kier alpha value is -3.40. The third-order valence-electron chi connectivity index (χ3n) is 5.14. The second kappa shape index (κ2) is 10.4. The van der Waals surface area contributed by atoms with Gasteiger partial charge in [0.15, 0.2) is 5.78 Å². The van der Waals surface area contributed by atoms with Gasteiger partial charge in [0.25, 0.3) is 0 Å². The SMILES string of the molecule is CCOC(=O)CC(c1ccc(OC)cc1)C(C(=O)c1ccccc1)c1ccccc1. The Labute approximate surface area is 177 Å². The Morgan fingerprint density at radius 2 is 1.40 bits per heavy atom. The number of esters is 1. The van der Waals surface area contributed by atoms with Gasteiger partial charge < -0.3 is 9.47 Å². The number of Topliss-reactive ketones (excluding diaryl/α,β-unsaturated/α-hetero) is 1. The number of rotatable bonds is 9. The van der Waals surface area contributed by atoms with Gasteiger partial charge in [0.2, 0.25) is 0 Å². The molecule has 0 aromatic heterocycles. The molecule has 4 nitrogen and oxygen atoms in total. The van der Waals surface area contributed by atoms with E-state index in [-0.39, 0.29) is 24.1 Å². The Bertz CT molecular complexity index is 949. The molecule has 0 saturated carbocycles. The molecule has 0 aliphatic rings. The van der Waals surface area contributed by atoms with E-state index in [0.717, 1.165) is 16.9 Å². The standard InChI is InChI=1S/C26H26O4/c1-3-30-24(27)18-23(19-14-16-22(29-2)17-15-19)25(20-10-6-4-7-11-20)26(28)21-12-8-5-9-13-21/h4-17,23,25H,3,18H2,1-2H3. The molecule has 0 saturated heterocycles. The van der Waals surface area contributed by atoms with Crippen LogP contribution in [-0.4, -0.2) is 25.5 Å². The summed E-state index contributed by atoms with van der Waals surface area (Å²) < 4.78 is 10.5. The Morgan fingerprint density at radius 3 is 1.97 bits per heavy atom. The molecular weight excluding hydrogens is 376 g/mol. The second-order valence-corrected chi connectivity index (χ2v) is 7.01. The predicted octanol–water partition coefficient (Wildman–Crippen LogP) is 5.40. The summed E-state index contributed by atoms with van der Waals surface area (Å²) in [4.78, 5) is 26.1. The van der Waals surface area contributed by atoms with E-state index in [2.05, 4.69) is 0 Å². The van der Waals surface area contributed by atoms with E-state index in [1.165, 1.54) is 0 Å². The highest BCUT2D eigenvalue weighted by Crippen LogP contribution is 2.39. The first kappa shape index (κ1) is 21.3. The van der Waals surface area contributed by atoms with Crippen LogP contribution in [0.3, 0.4) is 0 Å². The number of ether oxygens (including phenoxy) is 2. The number of hydrogen-bond acceptors (Lipinski definition) is 4. The van der Waals surface area contributed by atoms with Crippen molar-refractivity contribution in [2.75, 3.05) is 13.7 Å². The predicted molar refractivity (Wildman–Crippen MR) is 117 cm³/mol. The van der Waals surface area contributed by atoms with E-state index < -0.39 is 5.92 Å². The van der Waals surface area contributed by atoms with Crippen LogP contribution >= 0.6 is 0 Å². The normalized spacial score (nSPS) is 12.6. The zero-order valence-electron chi connectivity index (χ0n) is 17.3. The van der Waals surface area contributed by atoms with Gasteiger partial charge in [-0.2, -0.15) is 0 Å². The number of hydrogen-bond donors (Lipinski definition) is 0. The fourth-order valence-electron chi connectivity index (χ4n) is 3.69. The lowest BCUT2D eigenvalue weighted by Crippen LogP contribution is -2.24. The summed E-state index contributed by atoms with van der Waals surface area (Å²) >= 11 is 0. The van der Waals surface area contributed by atoms with Gasteiger partial charge in [-0.25, -0.2) is 0 Å². The largest absolute Gasteiger partial charge is 0.497 e. The van der Waals surface area contributed by atoms with Gasteiger partial charge in [-0.05, 0) is 30.2 Å². The lowest BCUT2D eigenvalue weighted by Gasteiger charge is -2.27. The van der Waals surface area contributed by atoms with Crippen LogP contribution < -0.4 is 4.74 Å². The number of carbonyl (C=O) groups is 2. The molecule has 4 heteroatoms. The van der Waals surface area contributed by atoms with Crippen LogP contribution in [0.15, 0.2) is 84.9 Å². The van der Waals surface area contributed by atoms with Crippen LogP contribution in [-0.2, 0) is 9.53 Å². The maximum Gasteiger partial charge on any atom is 0.306 e. The molecule has 0 N–H and O–H groups in total. The van der Waals surface area contributed by atoms with Gasteiger partial charge in [0, 0.05) is 11.5 Å². The quantitative estimate of drug-likeness (QED) is 0.355. The minimum absolute atomic E-state index is 0.0214. The number of methoxy groups -OCH3 is 1. The Balaban J connectivity index is 2.09. The first-order chi connectivity index (χ1) is 14.6. The molecule has 154 valence electrons. The lowest BCUT2D eigenvalue weighted by atomic mass is 9.75. The van der Waals surface area contributed by atoms with Crippen molar-refractivity contribution in [2.45, 2.75) is 25.2 Å². The van der Waals surface area contributed by atoms with Crippen molar-refractivity contribution in [2.24, 2.45) is 0 Å². The third-order valence-corrected chi connectivity index (χ3v) is 5.14. The number of ketones is 1. The third kappa shape index (κ3) is 5.15. The van der Waals surface area contributed by atoms with Crippen LogP contribution in [0.2, 0.25) is 0 Å². The number of benzene rings is 3.